The first-order chi connectivity index (χ1) is 17.1. The molecule has 4 rings (SSSR count). The van der Waals surface area contributed by atoms with Gasteiger partial charge in [-0.2, -0.15) is 10.2 Å². The minimum absolute atomic E-state index is 0.0765. The summed E-state index contributed by atoms with van der Waals surface area (Å²) in [5.74, 6) is 0.313. The normalized spacial score (nSPS) is 14.1. The summed E-state index contributed by atoms with van der Waals surface area (Å²) in [6.07, 6.45) is 8.56. The Morgan fingerprint density at radius 3 is 2.57 bits per heavy atom. The number of pyridine rings is 1. The van der Waals surface area contributed by atoms with Gasteiger partial charge in [0.25, 0.3) is 5.91 Å². The van der Waals surface area contributed by atoms with Gasteiger partial charge in [-0.25, -0.2) is 0 Å². The number of aromatic nitrogens is 6. The number of nitrogens with zero attached hydrogens (tertiary/aromatic N) is 6. The Bertz CT molecular complexity index is 1120. The van der Waals surface area contributed by atoms with Gasteiger partial charge in [0.15, 0.2) is 5.69 Å². The Kier molecular flexibility index (Phi) is 8.61. The van der Waals surface area contributed by atoms with Crippen molar-refractivity contribution >= 4 is 11.7 Å². The molecule has 35 heavy (non-hydrogen) atoms. The van der Waals surface area contributed by atoms with Crippen LogP contribution in [0.25, 0.3) is 0 Å². The molecule has 1 fully saturated rings. The molecule has 0 unspecified atom stereocenters. The van der Waals surface area contributed by atoms with E-state index in [9.17, 15) is 9.59 Å². The summed E-state index contributed by atoms with van der Waals surface area (Å²) in [5, 5.41) is 18.9. The van der Waals surface area contributed by atoms with Crippen molar-refractivity contribution in [2.24, 2.45) is 0 Å². The number of ketones is 1. The minimum Gasteiger partial charge on any atom is -0.381 e. The monoisotopic (exact) mass is 477 g/mol. The summed E-state index contributed by atoms with van der Waals surface area (Å²) in [5.41, 5.74) is 3.91. The molecule has 0 saturated carbocycles. The number of hydrogen-bond acceptors (Lipinski definition) is 8. The zero-order valence-corrected chi connectivity index (χ0v) is 20.0. The lowest BCUT2D eigenvalue weighted by molar-refractivity contribution is -0.117. The lowest BCUT2D eigenvalue weighted by atomic mass is 9.91. The number of carbonyl (C=O) groups excluding carboxylic acids is 2. The Labute approximate surface area is 204 Å². The Morgan fingerprint density at radius 1 is 1.03 bits per heavy atom. The van der Waals surface area contributed by atoms with Crippen molar-refractivity contribution in [1.82, 2.24) is 35.5 Å². The molecule has 1 aliphatic rings. The molecule has 0 aliphatic carbocycles. The second-order valence-electron chi connectivity index (χ2n) is 8.78. The van der Waals surface area contributed by atoms with Crippen molar-refractivity contribution in [3.8, 4) is 0 Å². The number of ether oxygens (including phenoxy) is 1. The number of nitrogens with one attached hydrogen (secondary N) is 1. The van der Waals surface area contributed by atoms with Gasteiger partial charge in [-0.05, 0) is 67.9 Å². The standard InChI is InChI=1S/C25H31N7O3/c1-26-25(34)24-17-32(31-30-24)11-3-2-4-20-5-6-21(29-28-20)15-23(33)16-22-14-19(7-10-27-22)18-8-12-35-13-9-18/h5-7,10,14,17-18H,2-4,8-9,11-13,15-16H2,1H3,(H,26,34). The SMILES string of the molecule is CNC(=O)c1cn(CCCCc2ccc(CC(=O)Cc3cc(C4CCOCC4)ccn3)nn2)nn1. The molecule has 0 radical (unpaired) electrons. The molecule has 0 spiro atoms. The fraction of sp³-hybridized carbons (Fsp3) is 0.480. The lowest BCUT2D eigenvalue weighted by Crippen LogP contribution is -2.18. The van der Waals surface area contributed by atoms with Gasteiger partial charge in [-0.1, -0.05) is 5.21 Å². The van der Waals surface area contributed by atoms with E-state index in [0.29, 0.717) is 30.3 Å². The average Bonchev–Trinajstić information content (AvgIpc) is 3.37. The highest BCUT2D eigenvalue weighted by Crippen LogP contribution is 2.26. The van der Waals surface area contributed by atoms with Gasteiger partial charge in [0.2, 0.25) is 0 Å². The van der Waals surface area contributed by atoms with E-state index in [1.807, 2.05) is 18.2 Å². The van der Waals surface area contributed by atoms with Crippen molar-refractivity contribution in [2.75, 3.05) is 20.3 Å². The van der Waals surface area contributed by atoms with Crippen molar-refractivity contribution in [1.29, 1.82) is 0 Å². The van der Waals surface area contributed by atoms with Crippen LogP contribution in [0.15, 0.2) is 36.7 Å². The minimum atomic E-state index is -0.245. The molecule has 1 amide bonds. The number of Topliss-reactive ketones (excluding diaryl/α,β-unsaturated/α-hetero) is 1. The van der Waals surface area contributed by atoms with Gasteiger partial charge in [0.05, 0.1) is 24.0 Å². The van der Waals surface area contributed by atoms with Crippen molar-refractivity contribution in [3.63, 3.8) is 0 Å². The Hall–Kier alpha value is -3.53. The molecular formula is C25H31N7O3. The highest BCUT2D eigenvalue weighted by atomic mass is 16.5. The van der Waals surface area contributed by atoms with Crippen LogP contribution in [0.3, 0.4) is 0 Å². The zero-order valence-electron chi connectivity index (χ0n) is 20.0. The van der Waals surface area contributed by atoms with Crippen LogP contribution in [0.1, 0.15) is 64.7 Å². The van der Waals surface area contributed by atoms with E-state index in [1.54, 1.807) is 24.1 Å². The van der Waals surface area contributed by atoms with E-state index in [-0.39, 0.29) is 18.1 Å². The van der Waals surface area contributed by atoms with Crippen LogP contribution in [0.4, 0.5) is 0 Å². The Morgan fingerprint density at radius 2 is 1.80 bits per heavy atom. The topological polar surface area (TPSA) is 125 Å². The fourth-order valence-corrected chi connectivity index (χ4v) is 4.18. The first-order valence-corrected chi connectivity index (χ1v) is 12.1. The summed E-state index contributed by atoms with van der Waals surface area (Å²) < 4.78 is 7.11. The number of hydrogen-bond donors (Lipinski definition) is 1. The molecule has 0 bridgehead atoms. The second kappa shape index (κ2) is 12.3. The first-order valence-electron chi connectivity index (χ1n) is 12.1. The summed E-state index contributed by atoms with van der Waals surface area (Å²) in [6.45, 7) is 2.25. The van der Waals surface area contributed by atoms with Gasteiger partial charge in [-0.3, -0.25) is 19.3 Å². The molecule has 0 atom stereocenters. The maximum Gasteiger partial charge on any atom is 0.273 e. The van der Waals surface area contributed by atoms with Crippen LogP contribution < -0.4 is 5.32 Å². The van der Waals surface area contributed by atoms with Crippen molar-refractivity contribution in [2.45, 2.75) is 57.4 Å². The molecule has 3 aromatic heterocycles. The first kappa shape index (κ1) is 24.6. The lowest BCUT2D eigenvalue weighted by Gasteiger charge is -2.22. The van der Waals surface area contributed by atoms with E-state index in [4.69, 9.17) is 4.74 Å². The van der Waals surface area contributed by atoms with E-state index >= 15 is 0 Å². The summed E-state index contributed by atoms with van der Waals surface area (Å²) >= 11 is 0. The molecule has 1 saturated heterocycles. The Balaban J connectivity index is 1.20. The number of unbranched alkanes of at least 4 members (excludes halogenated alkanes) is 1. The van der Waals surface area contributed by atoms with E-state index in [2.05, 4.69) is 36.9 Å². The second-order valence-corrected chi connectivity index (χ2v) is 8.78. The van der Waals surface area contributed by atoms with Gasteiger partial charge >= 0.3 is 0 Å². The van der Waals surface area contributed by atoms with Gasteiger partial charge in [0.1, 0.15) is 5.78 Å². The average molecular weight is 478 g/mol. The van der Waals surface area contributed by atoms with Crippen molar-refractivity contribution < 1.29 is 14.3 Å². The number of carbonyl (C=O) groups is 2. The molecule has 4 heterocycles. The van der Waals surface area contributed by atoms with Crippen LogP contribution in [-0.4, -0.2) is 62.1 Å². The smallest absolute Gasteiger partial charge is 0.273 e. The van der Waals surface area contributed by atoms with Crippen LogP contribution >= 0.6 is 0 Å². The summed E-state index contributed by atoms with van der Waals surface area (Å²) in [6, 6.07) is 7.90. The maximum atomic E-state index is 12.6. The van der Waals surface area contributed by atoms with Crippen LogP contribution in [0.5, 0.6) is 0 Å². The van der Waals surface area contributed by atoms with Crippen LogP contribution in [-0.2, 0) is 35.3 Å². The third kappa shape index (κ3) is 7.22. The quantitative estimate of drug-likeness (QED) is 0.416. The summed E-state index contributed by atoms with van der Waals surface area (Å²) in [7, 11) is 1.56. The third-order valence-electron chi connectivity index (χ3n) is 6.13. The fourth-order valence-electron chi connectivity index (χ4n) is 4.18. The van der Waals surface area contributed by atoms with Gasteiger partial charge in [0, 0.05) is 45.1 Å². The predicted octanol–water partition coefficient (Wildman–Crippen LogP) is 2.09. The molecule has 1 N–H and O–H groups in total. The maximum absolute atomic E-state index is 12.6. The molecule has 10 nitrogen and oxygen atoms in total. The highest BCUT2D eigenvalue weighted by Gasteiger charge is 2.17. The van der Waals surface area contributed by atoms with E-state index < -0.39 is 0 Å². The highest BCUT2D eigenvalue weighted by molar-refractivity contribution is 5.91. The molecule has 184 valence electrons. The van der Waals surface area contributed by atoms with E-state index in [0.717, 1.165) is 56.7 Å². The van der Waals surface area contributed by atoms with Crippen LogP contribution in [0.2, 0.25) is 0 Å². The number of rotatable bonds is 11. The third-order valence-corrected chi connectivity index (χ3v) is 6.13. The number of amides is 1. The van der Waals surface area contributed by atoms with Gasteiger partial charge < -0.3 is 10.1 Å². The van der Waals surface area contributed by atoms with Crippen molar-refractivity contribution in [3.05, 3.63) is 65.0 Å². The molecular weight excluding hydrogens is 446 g/mol. The molecule has 1 aliphatic heterocycles. The predicted molar refractivity (Wildman–Crippen MR) is 128 cm³/mol. The zero-order chi connectivity index (χ0) is 24.5. The molecule has 0 aromatic carbocycles. The molecule has 3 aromatic rings. The van der Waals surface area contributed by atoms with Crippen LogP contribution in [0, 0.1) is 0 Å². The summed E-state index contributed by atoms with van der Waals surface area (Å²) in [4.78, 5) is 28.5. The number of aryl methyl sites for hydroxylation is 2. The van der Waals surface area contributed by atoms with Gasteiger partial charge in [-0.15, -0.1) is 5.10 Å². The molecule has 10 heteroatoms. The largest absolute Gasteiger partial charge is 0.381 e. The van der Waals surface area contributed by atoms with E-state index in [1.165, 1.54) is 5.56 Å².